The fourth-order valence-electron chi connectivity index (χ4n) is 2.10. The third-order valence-electron chi connectivity index (χ3n) is 3.01. The van der Waals surface area contributed by atoms with Crippen molar-refractivity contribution in [2.75, 3.05) is 6.54 Å². The summed E-state index contributed by atoms with van der Waals surface area (Å²) >= 11 is 2.97. The zero-order chi connectivity index (χ0) is 14.2. The molecule has 1 aliphatic rings. The van der Waals surface area contributed by atoms with Crippen LogP contribution in [-0.4, -0.2) is 45.7 Å². The number of benzene rings is 1. The van der Waals surface area contributed by atoms with Gasteiger partial charge in [0, 0.05) is 13.0 Å². The van der Waals surface area contributed by atoms with Crippen molar-refractivity contribution in [2.24, 2.45) is 0 Å². The Balaban J connectivity index is 2.33. The molecule has 1 aromatic rings. The molecule has 1 amide bonds. The topological polar surface area (TPSA) is 77.8 Å². The molecule has 0 spiro atoms. The molecule has 2 rings (SSSR count). The van der Waals surface area contributed by atoms with Crippen molar-refractivity contribution in [3.8, 4) is 0 Å². The van der Waals surface area contributed by atoms with Crippen LogP contribution in [0.5, 0.6) is 0 Å². The smallest absolute Gasteiger partial charge is 0.326 e. The van der Waals surface area contributed by atoms with Crippen LogP contribution in [-0.2, 0) is 4.79 Å². The summed E-state index contributed by atoms with van der Waals surface area (Å²) in [4.78, 5) is 24.2. The van der Waals surface area contributed by atoms with E-state index in [0.717, 1.165) is 4.90 Å². The van der Waals surface area contributed by atoms with Gasteiger partial charge in [0.25, 0.3) is 5.91 Å². The summed E-state index contributed by atoms with van der Waals surface area (Å²) in [5, 5.41) is 18.5. The summed E-state index contributed by atoms with van der Waals surface area (Å²) in [6, 6.07) is 3.09. The van der Waals surface area contributed by atoms with Gasteiger partial charge in [-0.15, -0.1) is 0 Å². The second-order valence-corrected chi connectivity index (χ2v) is 5.16. The van der Waals surface area contributed by atoms with Crippen molar-refractivity contribution < 1.29 is 24.2 Å². The molecule has 0 unspecified atom stereocenters. The van der Waals surface area contributed by atoms with Gasteiger partial charge in [0.05, 0.1) is 16.1 Å². The molecule has 1 heterocycles. The van der Waals surface area contributed by atoms with Gasteiger partial charge in [-0.3, -0.25) is 4.79 Å². The van der Waals surface area contributed by atoms with E-state index in [0.29, 0.717) is 0 Å². The quantitative estimate of drug-likeness (QED) is 0.854. The van der Waals surface area contributed by atoms with Crippen LogP contribution in [0.3, 0.4) is 0 Å². The first-order valence-electron chi connectivity index (χ1n) is 5.57. The highest BCUT2D eigenvalue weighted by Gasteiger charge is 2.39. The van der Waals surface area contributed by atoms with E-state index in [1.165, 1.54) is 18.2 Å². The van der Waals surface area contributed by atoms with Gasteiger partial charge in [0.1, 0.15) is 11.9 Å². The fraction of sp³-hybridized carbons (Fsp3) is 0.333. The molecule has 0 saturated carbocycles. The highest BCUT2D eigenvalue weighted by Crippen LogP contribution is 2.24. The molecule has 0 radical (unpaired) electrons. The van der Waals surface area contributed by atoms with Crippen LogP contribution in [0.4, 0.5) is 4.39 Å². The fourth-order valence-corrected chi connectivity index (χ4v) is 2.46. The first kappa shape index (κ1) is 14.0. The van der Waals surface area contributed by atoms with Gasteiger partial charge >= 0.3 is 5.97 Å². The average molecular weight is 332 g/mol. The monoisotopic (exact) mass is 331 g/mol. The Morgan fingerprint density at radius 1 is 1.42 bits per heavy atom. The normalized spacial score (nSPS) is 22.6. The molecular weight excluding hydrogens is 321 g/mol. The van der Waals surface area contributed by atoms with Crippen molar-refractivity contribution in [2.45, 2.75) is 18.6 Å². The molecule has 2 N–H and O–H groups in total. The number of nitrogens with zero attached hydrogens (tertiary/aromatic N) is 1. The van der Waals surface area contributed by atoms with Gasteiger partial charge in [-0.25, -0.2) is 9.18 Å². The Morgan fingerprint density at radius 3 is 2.74 bits per heavy atom. The van der Waals surface area contributed by atoms with E-state index in [-0.39, 0.29) is 23.0 Å². The Bertz CT molecular complexity index is 536. The van der Waals surface area contributed by atoms with E-state index < -0.39 is 29.8 Å². The first-order chi connectivity index (χ1) is 8.91. The van der Waals surface area contributed by atoms with Crippen molar-refractivity contribution in [1.82, 2.24) is 4.90 Å². The van der Waals surface area contributed by atoms with E-state index in [4.69, 9.17) is 5.11 Å². The van der Waals surface area contributed by atoms with E-state index in [2.05, 4.69) is 15.9 Å². The molecule has 19 heavy (non-hydrogen) atoms. The molecule has 7 heteroatoms. The molecule has 102 valence electrons. The lowest BCUT2D eigenvalue weighted by molar-refractivity contribution is -0.141. The molecule has 0 aliphatic carbocycles. The van der Waals surface area contributed by atoms with E-state index in [9.17, 15) is 19.1 Å². The summed E-state index contributed by atoms with van der Waals surface area (Å²) < 4.78 is 14.0. The van der Waals surface area contributed by atoms with E-state index in [1.807, 2.05) is 0 Å². The minimum atomic E-state index is -1.21. The van der Waals surface area contributed by atoms with Crippen LogP contribution >= 0.6 is 15.9 Å². The molecule has 2 atom stereocenters. The Morgan fingerprint density at radius 2 is 2.11 bits per heavy atom. The molecule has 0 aromatic heterocycles. The summed E-state index contributed by atoms with van der Waals surface area (Å²) in [6.07, 6.45) is -0.947. The van der Waals surface area contributed by atoms with Crippen molar-refractivity contribution >= 4 is 27.8 Å². The second-order valence-electron chi connectivity index (χ2n) is 4.30. The predicted octanol–water partition coefficient (Wildman–Crippen LogP) is 1.25. The summed E-state index contributed by atoms with van der Waals surface area (Å²) in [5.74, 6) is -2.68. The standard InChI is InChI=1S/C12H11BrFNO4/c13-8-3-1-2-7(10(8)14)11(17)15-5-6(16)4-9(15)12(18)19/h1-3,6,9,16H,4-5H2,(H,18,19)/t6-,9-/m0/s1. The van der Waals surface area contributed by atoms with Gasteiger partial charge < -0.3 is 15.1 Å². The van der Waals surface area contributed by atoms with Gasteiger partial charge in [-0.05, 0) is 28.1 Å². The van der Waals surface area contributed by atoms with E-state index in [1.54, 1.807) is 0 Å². The number of likely N-dealkylation sites (tertiary alicyclic amines) is 1. The van der Waals surface area contributed by atoms with Crippen LogP contribution in [0.15, 0.2) is 22.7 Å². The third-order valence-corrected chi connectivity index (χ3v) is 3.62. The summed E-state index contributed by atoms with van der Waals surface area (Å²) in [6.45, 7) is -0.109. The number of hydrogen-bond acceptors (Lipinski definition) is 3. The number of aliphatic hydroxyl groups excluding tert-OH is 1. The van der Waals surface area contributed by atoms with Gasteiger partial charge in [-0.2, -0.15) is 0 Å². The molecule has 5 nitrogen and oxygen atoms in total. The van der Waals surface area contributed by atoms with Gasteiger partial charge in [-0.1, -0.05) is 6.07 Å². The van der Waals surface area contributed by atoms with Crippen LogP contribution in [0.1, 0.15) is 16.8 Å². The largest absolute Gasteiger partial charge is 0.480 e. The van der Waals surface area contributed by atoms with E-state index >= 15 is 0 Å². The number of halogens is 2. The van der Waals surface area contributed by atoms with Crippen LogP contribution in [0.25, 0.3) is 0 Å². The van der Waals surface area contributed by atoms with Gasteiger partial charge in [0.2, 0.25) is 0 Å². The maximum absolute atomic E-state index is 13.8. The number of carbonyl (C=O) groups is 2. The number of rotatable bonds is 2. The number of carboxylic acid groups (broad SMARTS) is 1. The lowest BCUT2D eigenvalue weighted by atomic mass is 10.1. The zero-order valence-corrected chi connectivity index (χ0v) is 11.3. The minimum absolute atomic E-state index is 0.0449. The minimum Gasteiger partial charge on any atom is -0.480 e. The van der Waals surface area contributed by atoms with Crippen molar-refractivity contribution in [1.29, 1.82) is 0 Å². The summed E-state index contributed by atoms with van der Waals surface area (Å²) in [5.41, 5.74) is -0.213. The maximum Gasteiger partial charge on any atom is 0.326 e. The molecule has 0 bridgehead atoms. The molecule has 1 saturated heterocycles. The van der Waals surface area contributed by atoms with Crippen LogP contribution < -0.4 is 0 Å². The number of carboxylic acids is 1. The predicted molar refractivity (Wildman–Crippen MR) is 67.2 cm³/mol. The van der Waals surface area contributed by atoms with Crippen LogP contribution in [0, 0.1) is 5.82 Å². The maximum atomic E-state index is 13.8. The van der Waals surface area contributed by atoms with Crippen LogP contribution in [0.2, 0.25) is 0 Å². The second kappa shape index (κ2) is 5.26. The molecule has 1 aromatic carbocycles. The Kier molecular flexibility index (Phi) is 3.86. The SMILES string of the molecule is O=C(O)[C@@H]1C[C@H](O)CN1C(=O)c1cccc(Br)c1F. The third kappa shape index (κ3) is 2.62. The molecular formula is C12H11BrFNO4. The number of aliphatic hydroxyl groups is 1. The number of carbonyl (C=O) groups excluding carboxylic acids is 1. The van der Waals surface area contributed by atoms with Crippen molar-refractivity contribution in [3.63, 3.8) is 0 Å². The summed E-state index contributed by atoms with van der Waals surface area (Å²) in [7, 11) is 0. The zero-order valence-electron chi connectivity index (χ0n) is 9.72. The number of β-amino-alcohol motifs (C(OH)–C–C–N with tert-alkyl or cyclic N) is 1. The highest BCUT2D eigenvalue weighted by atomic mass is 79.9. The Hall–Kier alpha value is -1.47. The lowest BCUT2D eigenvalue weighted by Gasteiger charge is -2.21. The molecule has 1 aliphatic heterocycles. The average Bonchev–Trinajstić information content (AvgIpc) is 2.74. The van der Waals surface area contributed by atoms with Gasteiger partial charge in [0.15, 0.2) is 0 Å². The number of amides is 1. The molecule has 1 fully saturated rings. The lowest BCUT2D eigenvalue weighted by Crippen LogP contribution is -2.41. The highest BCUT2D eigenvalue weighted by molar-refractivity contribution is 9.10. The Labute approximate surface area is 116 Å². The number of hydrogen-bond donors (Lipinski definition) is 2. The van der Waals surface area contributed by atoms with Crippen molar-refractivity contribution in [3.05, 3.63) is 34.1 Å². The number of aliphatic carboxylic acids is 1. The first-order valence-corrected chi connectivity index (χ1v) is 6.37.